The van der Waals surface area contributed by atoms with Crippen molar-refractivity contribution < 1.29 is 27.0 Å². The van der Waals surface area contributed by atoms with Crippen molar-refractivity contribution in [1.82, 2.24) is 5.32 Å². The molecule has 4 amide bonds. The predicted molar refractivity (Wildman–Crippen MR) is 142 cm³/mol. The molecule has 1 fully saturated rings. The standard InChI is InChI=1S/C23H12Br2Cl2N2O6S/c24-18-10-12(11-19(25)20(18)35-36(33,34)16-7-3-14(27)4-8-16)9-17-21(30)28-23(32)29(22(17)31)15-5-1-13(26)2-6-15/h1-11H,(H,28,30,32)/b17-9+. The summed E-state index contributed by atoms with van der Waals surface area (Å²) in [5, 5.41) is 2.90. The minimum atomic E-state index is -4.19. The Kier molecular flexibility index (Phi) is 7.58. The Hall–Kier alpha value is -2.70. The number of imide groups is 2. The van der Waals surface area contributed by atoms with Crippen LogP contribution in [-0.2, 0) is 19.7 Å². The monoisotopic (exact) mass is 672 g/mol. The lowest BCUT2D eigenvalue weighted by atomic mass is 10.1. The molecule has 0 spiro atoms. The van der Waals surface area contributed by atoms with Crippen LogP contribution in [0.5, 0.6) is 5.75 Å². The van der Waals surface area contributed by atoms with E-state index in [1.54, 1.807) is 0 Å². The van der Waals surface area contributed by atoms with E-state index in [-0.39, 0.29) is 30.9 Å². The second kappa shape index (κ2) is 10.3. The van der Waals surface area contributed by atoms with Crippen LogP contribution in [0.15, 0.2) is 80.1 Å². The number of carbonyl (C=O) groups is 3. The van der Waals surface area contributed by atoms with Crippen LogP contribution in [0, 0.1) is 0 Å². The molecule has 1 N–H and O–H groups in total. The molecule has 4 rings (SSSR count). The Bertz CT molecular complexity index is 1520. The quantitative estimate of drug-likeness (QED) is 0.204. The molecule has 1 aliphatic rings. The number of anilines is 1. The molecule has 0 aliphatic carbocycles. The molecule has 0 bridgehead atoms. The van der Waals surface area contributed by atoms with E-state index in [2.05, 4.69) is 37.2 Å². The number of hydrogen-bond donors (Lipinski definition) is 1. The molecule has 1 saturated heterocycles. The first-order valence-electron chi connectivity index (χ1n) is 9.82. The number of carbonyl (C=O) groups excluding carboxylic acids is 3. The van der Waals surface area contributed by atoms with E-state index in [1.807, 2.05) is 0 Å². The smallest absolute Gasteiger partial charge is 0.339 e. The fourth-order valence-electron chi connectivity index (χ4n) is 3.15. The lowest BCUT2D eigenvalue weighted by molar-refractivity contribution is -0.122. The first kappa shape index (κ1) is 26.4. The summed E-state index contributed by atoms with van der Waals surface area (Å²) in [5.41, 5.74) is 0.249. The van der Waals surface area contributed by atoms with Crippen molar-refractivity contribution >= 4 is 94.8 Å². The van der Waals surface area contributed by atoms with Gasteiger partial charge < -0.3 is 4.18 Å². The summed E-state index contributed by atoms with van der Waals surface area (Å²) in [4.78, 5) is 38.5. The number of barbiturate groups is 1. The predicted octanol–water partition coefficient (Wildman–Crippen LogP) is 5.95. The summed E-state index contributed by atoms with van der Waals surface area (Å²) in [6.07, 6.45) is 1.26. The van der Waals surface area contributed by atoms with Gasteiger partial charge in [0.1, 0.15) is 10.5 Å². The number of halogens is 4. The van der Waals surface area contributed by atoms with Crippen LogP contribution in [0.25, 0.3) is 6.08 Å². The molecule has 0 atom stereocenters. The van der Waals surface area contributed by atoms with Crippen LogP contribution in [0.3, 0.4) is 0 Å². The summed E-state index contributed by atoms with van der Waals surface area (Å²) < 4.78 is 31.0. The Morgan fingerprint density at radius 2 is 1.39 bits per heavy atom. The number of urea groups is 1. The lowest BCUT2D eigenvalue weighted by Gasteiger charge is -2.26. The first-order valence-corrected chi connectivity index (χ1v) is 13.6. The minimum Gasteiger partial charge on any atom is -0.377 e. The van der Waals surface area contributed by atoms with E-state index in [0.29, 0.717) is 15.6 Å². The number of amides is 4. The minimum absolute atomic E-state index is 0.0514. The summed E-state index contributed by atoms with van der Waals surface area (Å²) in [6.45, 7) is 0. The zero-order valence-electron chi connectivity index (χ0n) is 17.7. The highest BCUT2D eigenvalue weighted by atomic mass is 79.9. The lowest BCUT2D eigenvalue weighted by Crippen LogP contribution is -2.54. The molecule has 1 heterocycles. The number of hydrogen-bond acceptors (Lipinski definition) is 6. The Morgan fingerprint density at radius 3 is 1.94 bits per heavy atom. The van der Waals surface area contributed by atoms with Gasteiger partial charge in [-0.1, -0.05) is 23.2 Å². The maximum atomic E-state index is 13.0. The van der Waals surface area contributed by atoms with Gasteiger partial charge in [-0.2, -0.15) is 8.42 Å². The zero-order valence-corrected chi connectivity index (χ0v) is 23.2. The van der Waals surface area contributed by atoms with Gasteiger partial charge in [-0.3, -0.25) is 14.9 Å². The molecular formula is C23H12Br2Cl2N2O6S. The van der Waals surface area contributed by atoms with Gasteiger partial charge in [-0.25, -0.2) is 9.69 Å². The van der Waals surface area contributed by atoms with Crippen molar-refractivity contribution in [2.75, 3.05) is 4.90 Å². The molecule has 36 heavy (non-hydrogen) atoms. The largest absolute Gasteiger partial charge is 0.377 e. The average molecular weight is 675 g/mol. The molecule has 184 valence electrons. The number of benzene rings is 3. The van der Waals surface area contributed by atoms with Crippen LogP contribution < -0.4 is 14.4 Å². The molecule has 0 aromatic heterocycles. The van der Waals surface area contributed by atoms with Crippen LogP contribution in [0.2, 0.25) is 10.0 Å². The maximum absolute atomic E-state index is 13.0. The summed E-state index contributed by atoms with van der Waals surface area (Å²) in [6, 6.07) is 13.4. The third-order valence-corrected chi connectivity index (χ3v) is 7.73. The molecule has 3 aromatic carbocycles. The molecule has 8 nitrogen and oxygen atoms in total. The van der Waals surface area contributed by atoms with E-state index in [4.69, 9.17) is 27.4 Å². The summed E-state index contributed by atoms with van der Waals surface area (Å²) in [7, 11) is -4.19. The third-order valence-electron chi connectivity index (χ3n) is 4.81. The summed E-state index contributed by atoms with van der Waals surface area (Å²) >= 11 is 18.2. The van der Waals surface area contributed by atoms with E-state index in [9.17, 15) is 22.8 Å². The highest BCUT2D eigenvalue weighted by Crippen LogP contribution is 2.37. The van der Waals surface area contributed by atoms with Crippen LogP contribution in [-0.4, -0.2) is 26.3 Å². The Balaban J connectivity index is 1.66. The van der Waals surface area contributed by atoms with Crippen LogP contribution >= 0.6 is 55.1 Å². The molecule has 0 saturated carbocycles. The Morgan fingerprint density at radius 1 is 0.861 bits per heavy atom. The normalized spacial score (nSPS) is 15.3. The van der Waals surface area contributed by atoms with Gasteiger partial charge in [0.05, 0.1) is 14.6 Å². The van der Waals surface area contributed by atoms with Crippen LogP contribution in [0.4, 0.5) is 10.5 Å². The van der Waals surface area contributed by atoms with Crippen molar-refractivity contribution in [3.63, 3.8) is 0 Å². The molecule has 3 aromatic rings. The topological polar surface area (TPSA) is 110 Å². The van der Waals surface area contributed by atoms with E-state index < -0.39 is 28.0 Å². The molecular weight excluding hydrogens is 663 g/mol. The molecule has 1 aliphatic heterocycles. The van der Waals surface area contributed by atoms with Gasteiger partial charge in [0, 0.05) is 10.0 Å². The maximum Gasteiger partial charge on any atom is 0.339 e. The average Bonchev–Trinajstić information content (AvgIpc) is 2.80. The fourth-order valence-corrected chi connectivity index (χ4v) is 5.96. The van der Waals surface area contributed by atoms with Gasteiger partial charge in [0.25, 0.3) is 11.8 Å². The number of nitrogens with one attached hydrogen (secondary N) is 1. The highest BCUT2D eigenvalue weighted by Gasteiger charge is 2.37. The van der Waals surface area contributed by atoms with Crippen molar-refractivity contribution in [2.45, 2.75) is 4.90 Å². The van der Waals surface area contributed by atoms with E-state index in [0.717, 1.165) is 4.90 Å². The Labute approximate surface area is 232 Å². The number of nitrogens with zero attached hydrogens (tertiary/aromatic N) is 1. The van der Waals surface area contributed by atoms with Gasteiger partial charge in [0.15, 0.2) is 5.75 Å². The first-order chi connectivity index (χ1) is 17.0. The van der Waals surface area contributed by atoms with Crippen molar-refractivity contribution in [1.29, 1.82) is 0 Å². The van der Waals surface area contributed by atoms with E-state index >= 15 is 0 Å². The molecule has 0 radical (unpaired) electrons. The number of rotatable bonds is 5. The van der Waals surface area contributed by atoms with Gasteiger partial charge >= 0.3 is 16.1 Å². The molecule has 0 unspecified atom stereocenters. The van der Waals surface area contributed by atoms with E-state index in [1.165, 1.54) is 66.7 Å². The van der Waals surface area contributed by atoms with Gasteiger partial charge in [-0.15, -0.1) is 0 Å². The summed E-state index contributed by atoms with van der Waals surface area (Å²) in [5.74, 6) is -1.78. The third kappa shape index (κ3) is 5.50. The van der Waals surface area contributed by atoms with Crippen molar-refractivity contribution in [2.24, 2.45) is 0 Å². The van der Waals surface area contributed by atoms with Crippen molar-refractivity contribution in [3.8, 4) is 5.75 Å². The molecule has 13 heteroatoms. The SMILES string of the molecule is O=C1NC(=O)N(c2ccc(Cl)cc2)C(=O)/C1=C/c1cc(Br)c(OS(=O)(=O)c2ccc(Cl)cc2)c(Br)c1. The second-order valence-corrected chi connectivity index (χ2v) is 11.4. The highest BCUT2D eigenvalue weighted by molar-refractivity contribution is 9.11. The second-order valence-electron chi connectivity index (χ2n) is 7.24. The van der Waals surface area contributed by atoms with Gasteiger partial charge in [-0.05, 0) is 104 Å². The van der Waals surface area contributed by atoms with Crippen molar-refractivity contribution in [3.05, 3.63) is 90.8 Å². The zero-order chi connectivity index (χ0) is 26.2. The fraction of sp³-hybridized carbons (Fsp3) is 0. The van der Waals surface area contributed by atoms with Gasteiger partial charge in [0.2, 0.25) is 0 Å². The van der Waals surface area contributed by atoms with Crippen LogP contribution in [0.1, 0.15) is 5.56 Å².